The lowest BCUT2D eigenvalue weighted by atomic mass is 10.2. The standard InChI is InChI=1S/C15H14Cl2N2O4S/c1-19(2)24(21,22)23-14-8-3-10(9-13(14)17)15(20)18-12-6-4-11(16)5-7-12/h3-9H,1-2H3,(H,18,20). The number of hydrogen-bond acceptors (Lipinski definition) is 4. The molecule has 0 spiro atoms. The number of carbonyl (C=O) groups is 1. The van der Waals surface area contributed by atoms with Gasteiger partial charge in [-0.15, -0.1) is 0 Å². The first-order chi connectivity index (χ1) is 11.2. The summed E-state index contributed by atoms with van der Waals surface area (Å²) in [5, 5.41) is 3.23. The van der Waals surface area contributed by atoms with Gasteiger partial charge in [-0.1, -0.05) is 23.2 Å². The van der Waals surface area contributed by atoms with Crippen LogP contribution in [-0.2, 0) is 10.3 Å². The molecular weight excluding hydrogens is 375 g/mol. The van der Waals surface area contributed by atoms with Gasteiger partial charge < -0.3 is 9.50 Å². The second-order valence-electron chi connectivity index (χ2n) is 4.93. The highest BCUT2D eigenvalue weighted by molar-refractivity contribution is 7.84. The molecule has 0 aliphatic carbocycles. The fourth-order valence-corrected chi connectivity index (χ4v) is 2.55. The van der Waals surface area contributed by atoms with Crippen LogP contribution in [0.5, 0.6) is 5.75 Å². The van der Waals surface area contributed by atoms with Gasteiger partial charge in [0.15, 0.2) is 5.75 Å². The van der Waals surface area contributed by atoms with Crippen molar-refractivity contribution in [1.29, 1.82) is 0 Å². The highest BCUT2D eigenvalue weighted by atomic mass is 35.5. The maximum absolute atomic E-state index is 12.2. The van der Waals surface area contributed by atoms with E-state index in [0.29, 0.717) is 10.7 Å². The van der Waals surface area contributed by atoms with Crippen LogP contribution >= 0.6 is 23.2 Å². The summed E-state index contributed by atoms with van der Waals surface area (Å²) in [6.45, 7) is 0. The highest BCUT2D eigenvalue weighted by Crippen LogP contribution is 2.27. The van der Waals surface area contributed by atoms with Crippen molar-refractivity contribution in [2.45, 2.75) is 0 Å². The van der Waals surface area contributed by atoms with Gasteiger partial charge in [-0.25, -0.2) is 0 Å². The summed E-state index contributed by atoms with van der Waals surface area (Å²) in [4.78, 5) is 12.2. The summed E-state index contributed by atoms with van der Waals surface area (Å²) in [5.41, 5.74) is 0.820. The van der Waals surface area contributed by atoms with Crippen molar-refractivity contribution in [2.24, 2.45) is 0 Å². The summed E-state index contributed by atoms with van der Waals surface area (Å²) in [5.74, 6) is -0.463. The molecule has 24 heavy (non-hydrogen) atoms. The quantitative estimate of drug-likeness (QED) is 0.850. The van der Waals surface area contributed by atoms with Gasteiger partial charge in [0.05, 0.1) is 5.02 Å². The summed E-state index contributed by atoms with van der Waals surface area (Å²) >= 11 is 11.8. The fourth-order valence-electron chi connectivity index (χ4n) is 1.63. The Kier molecular flexibility index (Phi) is 5.71. The molecule has 2 aromatic rings. The summed E-state index contributed by atoms with van der Waals surface area (Å²) in [6, 6.07) is 10.7. The molecule has 0 radical (unpaired) electrons. The Morgan fingerprint density at radius 2 is 1.71 bits per heavy atom. The molecule has 0 saturated carbocycles. The Labute approximate surface area is 150 Å². The zero-order valence-electron chi connectivity index (χ0n) is 12.8. The molecule has 1 N–H and O–H groups in total. The second-order valence-corrected chi connectivity index (χ2v) is 7.53. The topological polar surface area (TPSA) is 75.7 Å². The molecule has 0 aliphatic heterocycles. The number of anilines is 1. The van der Waals surface area contributed by atoms with Crippen molar-refractivity contribution in [3.05, 3.63) is 58.1 Å². The molecular formula is C15H14Cl2N2O4S. The molecule has 6 nitrogen and oxygen atoms in total. The van der Waals surface area contributed by atoms with Crippen molar-refractivity contribution in [3.8, 4) is 5.75 Å². The highest BCUT2D eigenvalue weighted by Gasteiger charge is 2.18. The molecule has 0 saturated heterocycles. The van der Waals surface area contributed by atoms with Crippen LogP contribution in [0.4, 0.5) is 5.69 Å². The molecule has 2 aromatic carbocycles. The number of halogens is 2. The van der Waals surface area contributed by atoms with Gasteiger partial charge in [0.2, 0.25) is 0 Å². The van der Waals surface area contributed by atoms with Gasteiger partial charge in [-0.05, 0) is 42.5 Å². The number of nitrogens with zero attached hydrogens (tertiary/aromatic N) is 1. The van der Waals surface area contributed by atoms with Crippen molar-refractivity contribution in [2.75, 3.05) is 19.4 Å². The Morgan fingerprint density at radius 1 is 1.08 bits per heavy atom. The predicted molar refractivity (Wildman–Crippen MR) is 94.1 cm³/mol. The van der Waals surface area contributed by atoms with Crippen LogP contribution in [0.15, 0.2) is 42.5 Å². The van der Waals surface area contributed by atoms with Crippen molar-refractivity contribution in [1.82, 2.24) is 4.31 Å². The van der Waals surface area contributed by atoms with Crippen LogP contribution in [0.3, 0.4) is 0 Å². The third-order valence-electron chi connectivity index (χ3n) is 2.94. The number of carbonyl (C=O) groups excluding carboxylic acids is 1. The lowest BCUT2D eigenvalue weighted by molar-refractivity contribution is 0.102. The van der Waals surface area contributed by atoms with E-state index in [2.05, 4.69) is 5.32 Å². The average molecular weight is 389 g/mol. The zero-order chi connectivity index (χ0) is 17.9. The van der Waals surface area contributed by atoms with E-state index in [1.54, 1.807) is 24.3 Å². The van der Waals surface area contributed by atoms with E-state index in [0.717, 1.165) is 4.31 Å². The minimum Gasteiger partial charge on any atom is -0.369 e. The van der Waals surface area contributed by atoms with Crippen LogP contribution in [0, 0.1) is 0 Å². The normalized spacial score (nSPS) is 11.4. The van der Waals surface area contributed by atoms with E-state index in [1.807, 2.05) is 0 Å². The Hall–Kier alpha value is -1.80. The van der Waals surface area contributed by atoms with E-state index in [4.69, 9.17) is 27.4 Å². The van der Waals surface area contributed by atoms with Crippen LogP contribution in [-0.4, -0.2) is 32.7 Å². The SMILES string of the molecule is CN(C)S(=O)(=O)Oc1ccc(C(=O)Nc2ccc(Cl)cc2)cc1Cl. The van der Waals surface area contributed by atoms with Crippen LogP contribution in [0.2, 0.25) is 10.0 Å². The Morgan fingerprint density at radius 3 is 2.25 bits per heavy atom. The van der Waals surface area contributed by atoms with Gasteiger partial charge in [-0.3, -0.25) is 4.79 Å². The van der Waals surface area contributed by atoms with Gasteiger partial charge in [0, 0.05) is 30.4 Å². The van der Waals surface area contributed by atoms with E-state index in [-0.39, 0.29) is 16.3 Å². The number of amides is 1. The summed E-state index contributed by atoms with van der Waals surface area (Å²) in [7, 11) is -1.26. The Balaban J connectivity index is 2.16. The first-order valence-electron chi connectivity index (χ1n) is 6.67. The maximum Gasteiger partial charge on any atom is 0.384 e. The molecule has 0 aliphatic rings. The maximum atomic E-state index is 12.2. The zero-order valence-corrected chi connectivity index (χ0v) is 15.1. The van der Waals surface area contributed by atoms with Crippen molar-refractivity contribution >= 4 is 45.1 Å². The number of hydrogen-bond donors (Lipinski definition) is 1. The average Bonchev–Trinajstić information content (AvgIpc) is 2.51. The van der Waals surface area contributed by atoms with Gasteiger partial charge in [0.1, 0.15) is 0 Å². The molecule has 0 unspecified atom stereocenters. The lowest BCUT2D eigenvalue weighted by Gasteiger charge is -2.13. The Bertz CT molecular complexity index is 852. The molecule has 1 amide bonds. The monoisotopic (exact) mass is 388 g/mol. The minimum atomic E-state index is -3.92. The van der Waals surface area contributed by atoms with Gasteiger partial charge in [0.25, 0.3) is 5.91 Å². The van der Waals surface area contributed by atoms with Crippen molar-refractivity contribution < 1.29 is 17.4 Å². The van der Waals surface area contributed by atoms with Gasteiger partial charge >= 0.3 is 10.3 Å². The smallest absolute Gasteiger partial charge is 0.369 e. The molecule has 0 aromatic heterocycles. The molecule has 0 heterocycles. The predicted octanol–water partition coefficient (Wildman–Crippen LogP) is 3.43. The lowest BCUT2D eigenvalue weighted by Crippen LogP contribution is -2.27. The summed E-state index contributed by atoms with van der Waals surface area (Å²) < 4.78 is 29.2. The first kappa shape index (κ1) is 18.5. The fraction of sp³-hybridized carbons (Fsp3) is 0.133. The largest absolute Gasteiger partial charge is 0.384 e. The van der Waals surface area contributed by atoms with Crippen molar-refractivity contribution in [3.63, 3.8) is 0 Å². The molecule has 0 fully saturated rings. The molecule has 0 atom stereocenters. The number of rotatable bonds is 5. The van der Waals surface area contributed by atoms with E-state index < -0.39 is 16.2 Å². The molecule has 0 bridgehead atoms. The van der Waals surface area contributed by atoms with E-state index in [9.17, 15) is 13.2 Å². The van der Waals surface area contributed by atoms with Gasteiger partial charge in [-0.2, -0.15) is 12.7 Å². The molecule has 9 heteroatoms. The molecule has 128 valence electrons. The number of nitrogens with one attached hydrogen (secondary N) is 1. The van der Waals surface area contributed by atoms with Crippen LogP contribution in [0.1, 0.15) is 10.4 Å². The van der Waals surface area contributed by atoms with E-state index in [1.165, 1.54) is 32.3 Å². The van der Waals surface area contributed by atoms with Crippen LogP contribution < -0.4 is 9.50 Å². The third-order valence-corrected chi connectivity index (χ3v) is 4.77. The van der Waals surface area contributed by atoms with E-state index >= 15 is 0 Å². The molecule has 2 rings (SSSR count). The summed E-state index contributed by atoms with van der Waals surface area (Å²) in [6.07, 6.45) is 0. The third kappa shape index (κ3) is 4.61. The second kappa shape index (κ2) is 7.40. The minimum absolute atomic E-state index is 0.00387. The first-order valence-corrected chi connectivity index (χ1v) is 8.79. The number of benzene rings is 2. The van der Waals surface area contributed by atoms with Crippen LogP contribution in [0.25, 0.3) is 0 Å².